The van der Waals surface area contributed by atoms with Crippen LogP contribution >= 0.6 is 11.8 Å². The maximum Gasteiger partial charge on any atom is 0.263 e. The molecule has 1 aromatic carbocycles. The Hall–Kier alpha value is -1.20. The van der Waals surface area contributed by atoms with Gasteiger partial charge in [0.15, 0.2) is 6.10 Å². The van der Waals surface area contributed by atoms with Crippen molar-refractivity contribution >= 4 is 17.7 Å². The second-order valence-corrected chi connectivity index (χ2v) is 6.87. The number of piperidine rings is 1. The Bertz CT molecular complexity index is 492. The molecule has 1 amide bonds. The number of hydrogen-bond acceptors (Lipinski definition) is 4. The minimum Gasteiger partial charge on any atom is -0.481 e. The summed E-state index contributed by atoms with van der Waals surface area (Å²) < 4.78 is 5.81. The van der Waals surface area contributed by atoms with Crippen LogP contribution in [-0.2, 0) is 4.79 Å². The summed E-state index contributed by atoms with van der Waals surface area (Å²) in [5, 5.41) is 0. The molecule has 2 rings (SSSR count). The minimum atomic E-state index is -0.484. The predicted molar refractivity (Wildman–Crippen MR) is 91.3 cm³/mol. The van der Waals surface area contributed by atoms with Crippen LogP contribution in [0.15, 0.2) is 29.2 Å². The highest BCUT2D eigenvalue weighted by molar-refractivity contribution is 7.98. The van der Waals surface area contributed by atoms with E-state index < -0.39 is 6.10 Å². The van der Waals surface area contributed by atoms with Gasteiger partial charge in [0.05, 0.1) is 0 Å². The quantitative estimate of drug-likeness (QED) is 0.847. The Kier molecular flexibility index (Phi) is 6.15. The van der Waals surface area contributed by atoms with Crippen LogP contribution in [0.5, 0.6) is 5.75 Å². The normalized spacial score (nSPS) is 23.2. The van der Waals surface area contributed by atoms with E-state index in [1.165, 1.54) is 4.90 Å². The first-order valence-electron chi connectivity index (χ1n) is 7.86. The van der Waals surface area contributed by atoms with Gasteiger partial charge in [-0.05, 0) is 56.2 Å². The molecule has 0 radical (unpaired) electrons. The maximum atomic E-state index is 12.6. The van der Waals surface area contributed by atoms with Gasteiger partial charge in [0.2, 0.25) is 0 Å². The molecular formula is C17H26N2O2S. The van der Waals surface area contributed by atoms with E-state index in [0.717, 1.165) is 25.1 Å². The third-order valence-corrected chi connectivity index (χ3v) is 5.00. The van der Waals surface area contributed by atoms with Crippen molar-refractivity contribution in [1.29, 1.82) is 0 Å². The number of rotatable bonds is 5. The molecule has 0 saturated carbocycles. The third-order valence-electron chi connectivity index (χ3n) is 4.25. The number of thioether (sulfide) groups is 1. The molecule has 22 heavy (non-hydrogen) atoms. The Morgan fingerprint density at radius 2 is 2.14 bits per heavy atom. The Labute approximate surface area is 137 Å². The highest BCUT2D eigenvalue weighted by atomic mass is 32.2. The van der Waals surface area contributed by atoms with Gasteiger partial charge < -0.3 is 15.4 Å². The topological polar surface area (TPSA) is 55.6 Å². The van der Waals surface area contributed by atoms with Gasteiger partial charge in [0.25, 0.3) is 5.91 Å². The number of nitrogens with two attached hydrogens (primary N) is 1. The van der Waals surface area contributed by atoms with Crippen molar-refractivity contribution in [2.75, 3.05) is 19.3 Å². The van der Waals surface area contributed by atoms with Crippen molar-refractivity contribution in [2.24, 2.45) is 11.7 Å². The fraction of sp³-hybridized carbons (Fsp3) is 0.588. The van der Waals surface area contributed by atoms with Crippen LogP contribution in [0.2, 0.25) is 0 Å². The highest BCUT2D eigenvalue weighted by Gasteiger charge is 2.32. The highest BCUT2D eigenvalue weighted by Crippen LogP contribution is 2.24. The van der Waals surface area contributed by atoms with Crippen LogP contribution in [-0.4, -0.2) is 42.3 Å². The van der Waals surface area contributed by atoms with E-state index in [1.54, 1.807) is 11.8 Å². The molecule has 1 heterocycles. The summed E-state index contributed by atoms with van der Waals surface area (Å²) in [6.07, 6.45) is 3.57. The van der Waals surface area contributed by atoms with Gasteiger partial charge in [0.1, 0.15) is 5.75 Å². The Balaban J connectivity index is 1.98. The van der Waals surface area contributed by atoms with E-state index in [9.17, 15) is 4.79 Å². The number of hydrogen-bond donors (Lipinski definition) is 1. The van der Waals surface area contributed by atoms with Crippen LogP contribution in [0, 0.1) is 5.92 Å². The molecule has 1 saturated heterocycles. The minimum absolute atomic E-state index is 0.0382. The first-order chi connectivity index (χ1) is 10.5. The van der Waals surface area contributed by atoms with E-state index in [4.69, 9.17) is 10.5 Å². The second-order valence-electron chi connectivity index (χ2n) is 5.99. The Morgan fingerprint density at radius 1 is 1.45 bits per heavy atom. The van der Waals surface area contributed by atoms with Crippen LogP contribution in [0.4, 0.5) is 0 Å². The first kappa shape index (κ1) is 17.2. The van der Waals surface area contributed by atoms with E-state index >= 15 is 0 Å². The van der Waals surface area contributed by atoms with Gasteiger partial charge in [-0.3, -0.25) is 4.79 Å². The number of amides is 1. The molecule has 4 nitrogen and oxygen atoms in total. The maximum absolute atomic E-state index is 12.6. The zero-order chi connectivity index (χ0) is 16.1. The summed E-state index contributed by atoms with van der Waals surface area (Å²) in [6.45, 7) is 5.33. The fourth-order valence-corrected chi connectivity index (χ4v) is 3.32. The molecule has 2 N–H and O–H groups in total. The predicted octanol–water partition coefficient (Wildman–Crippen LogP) is 2.76. The van der Waals surface area contributed by atoms with Crippen LogP contribution in [0.25, 0.3) is 0 Å². The molecule has 0 spiro atoms. The Morgan fingerprint density at radius 3 is 2.73 bits per heavy atom. The summed E-state index contributed by atoms with van der Waals surface area (Å²) >= 11 is 1.68. The number of carbonyl (C=O) groups excluding carboxylic acids is 1. The van der Waals surface area contributed by atoms with Crippen molar-refractivity contribution in [3.63, 3.8) is 0 Å². The second kappa shape index (κ2) is 7.88. The van der Waals surface area contributed by atoms with Crippen LogP contribution in [0.3, 0.4) is 0 Å². The number of benzene rings is 1. The van der Waals surface area contributed by atoms with E-state index in [1.807, 2.05) is 42.3 Å². The standard InChI is InChI=1S/C17H26N2O2S/c1-12-8-9-19(14(10-12)11-18)17(20)13(2)21-15-4-6-16(22-3)7-5-15/h4-7,12-14H,8-11,18H2,1-3H3. The monoisotopic (exact) mass is 322 g/mol. The van der Waals surface area contributed by atoms with Crippen molar-refractivity contribution in [3.8, 4) is 5.75 Å². The smallest absolute Gasteiger partial charge is 0.263 e. The fourth-order valence-electron chi connectivity index (χ4n) is 2.91. The van der Waals surface area contributed by atoms with Gasteiger partial charge in [0, 0.05) is 24.0 Å². The molecule has 1 aliphatic heterocycles. The first-order valence-corrected chi connectivity index (χ1v) is 9.09. The molecule has 1 aromatic rings. The summed E-state index contributed by atoms with van der Waals surface area (Å²) in [6, 6.07) is 7.97. The van der Waals surface area contributed by atoms with Crippen LogP contribution in [0.1, 0.15) is 26.7 Å². The largest absolute Gasteiger partial charge is 0.481 e. The van der Waals surface area contributed by atoms with Gasteiger partial charge in [-0.1, -0.05) is 6.92 Å². The van der Waals surface area contributed by atoms with E-state index in [-0.39, 0.29) is 11.9 Å². The van der Waals surface area contributed by atoms with Crippen molar-refractivity contribution < 1.29 is 9.53 Å². The molecular weight excluding hydrogens is 296 g/mol. The van der Waals surface area contributed by atoms with Gasteiger partial charge in [-0.25, -0.2) is 0 Å². The molecule has 1 fully saturated rings. The third kappa shape index (κ3) is 4.17. The van der Waals surface area contributed by atoms with Crippen LogP contribution < -0.4 is 10.5 Å². The molecule has 1 aliphatic rings. The molecule has 0 aliphatic carbocycles. The lowest BCUT2D eigenvalue weighted by atomic mass is 9.92. The van der Waals surface area contributed by atoms with Crippen molar-refractivity contribution in [2.45, 2.75) is 43.7 Å². The molecule has 3 atom stereocenters. The van der Waals surface area contributed by atoms with Crippen molar-refractivity contribution in [1.82, 2.24) is 4.90 Å². The lowest BCUT2D eigenvalue weighted by Gasteiger charge is -2.39. The number of likely N-dealkylation sites (tertiary alicyclic amines) is 1. The molecule has 5 heteroatoms. The van der Waals surface area contributed by atoms with Gasteiger partial charge in [-0.15, -0.1) is 11.8 Å². The van der Waals surface area contributed by atoms with Crippen molar-refractivity contribution in [3.05, 3.63) is 24.3 Å². The molecule has 3 unspecified atom stereocenters. The molecule has 0 aromatic heterocycles. The van der Waals surface area contributed by atoms with E-state index in [2.05, 4.69) is 6.92 Å². The summed E-state index contributed by atoms with van der Waals surface area (Å²) in [5.41, 5.74) is 5.84. The number of nitrogens with zero attached hydrogens (tertiary/aromatic N) is 1. The lowest BCUT2D eigenvalue weighted by molar-refractivity contribution is -0.142. The number of carbonyl (C=O) groups is 1. The average Bonchev–Trinajstić information content (AvgIpc) is 2.54. The zero-order valence-corrected chi connectivity index (χ0v) is 14.4. The average molecular weight is 322 g/mol. The summed E-state index contributed by atoms with van der Waals surface area (Å²) in [7, 11) is 0. The van der Waals surface area contributed by atoms with Gasteiger partial charge in [-0.2, -0.15) is 0 Å². The lowest BCUT2D eigenvalue weighted by Crippen LogP contribution is -2.52. The van der Waals surface area contributed by atoms with E-state index in [0.29, 0.717) is 12.5 Å². The summed E-state index contributed by atoms with van der Waals surface area (Å²) in [5.74, 6) is 1.40. The van der Waals surface area contributed by atoms with Gasteiger partial charge >= 0.3 is 0 Å². The molecule has 0 bridgehead atoms. The summed E-state index contributed by atoms with van der Waals surface area (Å²) in [4.78, 5) is 15.7. The molecule has 122 valence electrons. The SMILES string of the molecule is CSc1ccc(OC(C)C(=O)N2CCC(C)CC2CN)cc1. The number of ether oxygens (including phenoxy) is 1. The zero-order valence-electron chi connectivity index (χ0n) is 13.6.